The van der Waals surface area contributed by atoms with Crippen molar-refractivity contribution in [1.29, 1.82) is 0 Å². The molecule has 0 aliphatic heterocycles. The molecule has 3 fully saturated rings. The van der Waals surface area contributed by atoms with Gasteiger partial charge in [-0.25, -0.2) is 0 Å². The summed E-state index contributed by atoms with van der Waals surface area (Å²) in [6.07, 6.45) is 2.58. The van der Waals surface area contributed by atoms with Gasteiger partial charge < -0.3 is 10.4 Å². The Morgan fingerprint density at radius 3 is 2.54 bits per heavy atom. The van der Waals surface area contributed by atoms with Crippen LogP contribution in [0, 0.1) is 23.2 Å². The zero-order chi connectivity index (χ0) is 9.64. The van der Waals surface area contributed by atoms with Crippen LogP contribution in [0.25, 0.3) is 0 Å². The molecule has 2 N–H and O–H groups in total. The summed E-state index contributed by atoms with van der Waals surface area (Å²) in [7, 11) is 2.03. The summed E-state index contributed by atoms with van der Waals surface area (Å²) in [5.41, 5.74) is 0.513. The van der Waals surface area contributed by atoms with Crippen LogP contribution in [0.5, 0.6) is 0 Å². The summed E-state index contributed by atoms with van der Waals surface area (Å²) in [5, 5.41) is 12.6. The van der Waals surface area contributed by atoms with Gasteiger partial charge in [0.15, 0.2) is 0 Å². The predicted octanol–water partition coefficient (Wildman–Crippen LogP) is 1.25. The van der Waals surface area contributed by atoms with Gasteiger partial charge in [-0.1, -0.05) is 13.8 Å². The molecule has 0 spiro atoms. The number of aliphatic hydroxyl groups excluding tert-OH is 1. The van der Waals surface area contributed by atoms with E-state index in [1.165, 1.54) is 12.8 Å². The largest absolute Gasteiger partial charge is 0.396 e. The molecule has 3 saturated carbocycles. The van der Waals surface area contributed by atoms with Crippen molar-refractivity contribution in [1.82, 2.24) is 5.32 Å². The lowest BCUT2D eigenvalue weighted by Gasteiger charge is -2.62. The topological polar surface area (TPSA) is 32.3 Å². The highest BCUT2D eigenvalue weighted by Crippen LogP contribution is 2.60. The summed E-state index contributed by atoms with van der Waals surface area (Å²) < 4.78 is 0. The van der Waals surface area contributed by atoms with Crippen LogP contribution in [-0.4, -0.2) is 24.8 Å². The zero-order valence-corrected chi connectivity index (χ0v) is 8.88. The third kappa shape index (κ3) is 1.15. The van der Waals surface area contributed by atoms with Gasteiger partial charge in [0.05, 0.1) is 0 Å². The first kappa shape index (κ1) is 9.47. The monoisotopic (exact) mass is 183 g/mol. The van der Waals surface area contributed by atoms with E-state index in [1.807, 2.05) is 7.05 Å². The number of hydrogen-bond acceptors (Lipinski definition) is 2. The fraction of sp³-hybridized carbons (Fsp3) is 1.00. The second kappa shape index (κ2) is 2.96. The Bertz CT molecular complexity index is 202. The summed E-state index contributed by atoms with van der Waals surface area (Å²) in [6.45, 7) is 5.11. The van der Waals surface area contributed by atoms with Crippen molar-refractivity contribution in [3.8, 4) is 0 Å². The molecule has 0 amide bonds. The van der Waals surface area contributed by atoms with Crippen LogP contribution >= 0.6 is 0 Å². The molecule has 0 saturated heterocycles. The average molecular weight is 183 g/mol. The minimum atomic E-state index is 0.356. The Hall–Kier alpha value is -0.0800. The number of fused-ring (bicyclic) bond motifs is 2. The molecule has 2 bridgehead atoms. The van der Waals surface area contributed by atoms with E-state index in [9.17, 15) is 5.11 Å². The van der Waals surface area contributed by atoms with Gasteiger partial charge in [0.25, 0.3) is 0 Å². The van der Waals surface area contributed by atoms with Crippen LogP contribution < -0.4 is 5.32 Å². The SMILES string of the molecule is CN[C@H]1[C@H](CO)C[C@H]2C[C@@H]1C2(C)C. The standard InChI is InChI=1S/C11H21NO/c1-11(2)8-4-7(6-13)10(12-3)9(11)5-8/h7-10,12-13H,4-6H2,1-3H3/t7-,8-,9-,10-/m0/s1. The van der Waals surface area contributed by atoms with E-state index < -0.39 is 0 Å². The number of hydrogen-bond donors (Lipinski definition) is 2. The van der Waals surface area contributed by atoms with Gasteiger partial charge in [-0.3, -0.25) is 0 Å². The minimum absolute atomic E-state index is 0.356. The first-order valence-electron chi connectivity index (χ1n) is 5.39. The van der Waals surface area contributed by atoms with Crippen molar-refractivity contribution in [3.05, 3.63) is 0 Å². The van der Waals surface area contributed by atoms with E-state index in [0.717, 1.165) is 11.8 Å². The average Bonchev–Trinajstić information content (AvgIpc) is 2.16. The highest BCUT2D eigenvalue weighted by atomic mass is 16.3. The van der Waals surface area contributed by atoms with Gasteiger partial charge in [0.1, 0.15) is 0 Å². The van der Waals surface area contributed by atoms with E-state index in [-0.39, 0.29) is 0 Å². The molecule has 13 heavy (non-hydrogen) atoms. The molecule has 0 unspecified atom stereocenters. The van der Waals surface area contributed by atoms with Crippen LogP contribution in [0.3, 0.4) is 0 Å². The third-order valence-electron chi connectivity index (χ3n) is 4.64. The molecule has 3 aliphatic rings. The summed E-state index contributed by atoms with van der Waals surface area (Å²) in [6, 6.07) is 0.546. The molecular weight excluding hydrogens is 162 g/mol. The maximum absolute atomic E-state index is 9.26. The van der Waals surface area contributed by atoms with Gasteiger partial charge in [0.2, 0.25) is 0 Å². The summed E-state index contributed by atoms with van der Waals surface area (Å²) in [5.74, 6) is 2.15. The first-order valence-corrected chi connectivity index (χ1v) is 5.39. The van der Waals surface area contributed by atoms with Crippen LogP contribution in [-0.2, 0) is 0 Å². The van der Waals surface area contributed by atoms with Crippen LogP contribution in [0.15, 0.2) is 0 Å². The molecule has 2 heteroatoms. The quantitative estimate of drug-likeness (QED) is 0.675. The van der Waals surface area contributed by atoms with E-state index in [4.69, 9.17) is 0 Å². The van der Waals surface area contributed by atoms with Crippen LogP contribution in [0.1, 0.15) is 26.7 Å². The highest BCUT2D eigenvalue weighted by Gasteiger charge is 2.56. The lowest BCUT2D eigenvalue weighted by Crippen LogP contribution is -2.62. The second-order valence-corrected chi connectivity index (χ2v) is 5.35. The molecule has 0 aromatic carbocycles. The smallest absolute Gasteiger partial charge is 0.0474 e. The Morgan fingerprint density at radius 1 is 1.38 bits per heavy atom. The molecule has 0 aromatic heterocycles. The Labute approximate surface area is 80.7 Å². The molecule has 0 aromatic rings. The molecule has 3 aliphatic carbocycles. The van der Waals surface area contributed by atoms with Crippen molar-refractivity contribution in [3.63, 3.8) is 0 Å². The van der Waals surface area contributed by atoms with E-state index in [2.05, 4.69) is 19.2 Å². The van der Waals surface area contributed by atoms with Crippen molar-refractivity contribution in [2.45, 2.75) is 32.7 Å². The van der Waals surface area contributed by atoms with E-state index in [1.54, 1.807) is 0 Å². The van der Waals surface area contributed by atoms with Crippen molar-refractivity contribution < 1.29 is 5.11 Å². The number of aliphatic hydroxyl groups is 1. The fourth-order valence-corrected chi connectivity index (χ4v) is 3.53. The van der Waals surface area contributed by atoms with Gasteiger partial charge in [-0.05, 0) is 43.1 Å². The molecule has 0 heterocycles. The minimum Gasteiger partial charge on any atom is -0.396 e. The van der Waals surface area contributed by atoms with Gasteiger partial charge in [0, 0.05) is 12.6 Å². The lowest BCUT2D eigenvalue weighted by molar-refractivity contribution is -0.120. The third-order valence-corrected chi connectivity index (χ3v) is 4.64. The molecule has 0 radical (unpaired) electrons. The maximum Gasteiger partial charge on any atom is 0.0474 e. The van der Waals surface area contributed by atoms with E-state index >= 15 is 0 Å². The van der Waals surface area contributed by atoms with Crippen molar-refractivity contribution in [2.75, 3.05) is 13.7 Å². The highest BCUT2D eigenvalue weighted by molar-refractivity contribution is 5.08. The van der Waals surface area contributed by atoms with Gasteiger partial charge >= 0.3 is 0 Å². The van der Waals surface area contributed by atoms with Gasteiger partial charge in [-0.2, -0.15) is 0 Å². The fourth-order valence-electron chi connectivity index (χ4n) is 3.53. The molecule has 2 nitrogen and oxygen atoms in total. The summed E-state index contributed by atoms with van der Waals surface area (Å²) in [4.78, 5) is 0. The normalized spacial score (nSPS) is 47.1. The molecule has 76 valence electrons. The lowest BCUT2D eigenvalue weighted by atomic mass is 9.45. The van der Waals surface area contributed by atoms with Crippen LogP contribution in [0.2, 0.25) is 0 Å². The summed E-state index contributed by atoms with van der Waals surface area (Å²) >= 11 is 0. The molecule has 3 rings (SSSR count). The first-order chi connectivity index (χ1) is 6.11. The number of rotatable bonds is 2. The van der Waals surface area contributed by atoms with Crippen molar-refractivity contribution in [2.24, 2.45) is 23.2 Å². The van der Waals surface area contributed by atoms with Crippen LogP contribution in [0.4, 0.5) is 0 Å². The Balaban J connectivity index is 2.13. The second-order valence-electron chi connectivity index (χ2n) is 5.35. The van der Waals surface area contributed by atoms with E-state index in [0.29, 0.717) is 24.0 Å². The molecule has 4 atom stereocenters. The van der Waals surface area contributed by atoms with Gasteiger partial charge in [-0.15, -0.1) is 0 Å². The molecular formula is C11H21NO. The number of nitrogens with one attached hydrogen (secondary N) is 1. The van der Waals surface area contributed by atoms with Crippen molar-refractivity contribution >= 4 is 0 Å². The predicted molar refractivity (Wildman–Crippen MR) is 53.4 cm³/mol. The Morgan fingerprint density at radius 2 is 2.08 bits per heavy atom. The Kier molecular flexibility index (Phi) is 2.16. The zero-order valence-electron chi connectivity index (χ0n) is 8.88. The maximum atomic E-state index is 9.26.